The van der Waals surface area contributed by atoms with Crippen LogP contribution in [0.25, 0.3) is 0 Å². The summed E-state index contributed by atoms with van der Waals surface area (Å²) >= 11 is 0. The van der Waals surface area contributed by atoms with Crippen LogP contribution in [0.5, 0.6) is 0 Å². The number of aldehydes is 1. The molecule has 2 heterocycles. The van der Waals surface area contributed by atoms with Gasteiger partial charge in [-0.2, -0.15) is 4.98 Å². The first kappa shape index (κ1) is 27.5. The van der Waals surface area contributed by atoms with E-state index in [1.54, 1.807) is 12.1 Å². The van der Waals surface area contributed by atoms with E-state index < -0.39 is 41.8 Å². The van der Waals surface area contributed by atoms with Crippen LogP contribution in [0.2, 0.25) is 0 Å². The van der Waals surface area contributed by atoms with Crippen molar-refractivity contribution in [2.45, 2.75) is 18.5 Å². The number of carboxylic acids is 2. The summed E-state index contributed by atoms with van der Waals surface area (Å²) in [5.74, 6) is -4.82. The van der Waals surface area contributed by atoms with Crippen molar-refractivity contribution >= 4 is 74.6 Å². The van der Waals surface area contributed by atoms with Gasteiger partial charge in [-0.15, -0.1) is 0 Å². The molecule has 1 aliphatic heterocycles. The van der Waals surface area contributed by atoms with Gasteiger partial charge in [0.15, 0.2) is 5.82 Å². The van der Waals surface area contributed by atoms with E-state index in [-0.39, 0.29) is 56.8 Å². The summed E-state index contributed by atoms with van der Waals surface area (Å²) in [6, 6.07) is 4.44. The Labute approximate surface area is 218 Å². The van der Waals surface area contributed by atoms with Crippen LogP contribution in [0.15, 0.2) is 29.1 Å². The SMILES string of the molecule is Nc1nc2c(c(=O)[nH]1)NC(CNc1ccc(C(=O)NC(CC(C=O)C(=O)O)C(=O)O)cc1)CN2.[PbH2]. The van der Waals surface area contributed by atoms with E-state index in [0.717, 1.165) is 0 Å². The molecule has 9 N–H and O–H groups in total. The molecular formula is C20H25N7O7Pb. The number of hydrogen-bond acceptors (Lipinski definition) is 10. The summed E-state index contributed by atoms with van der Waals surface area (Å²) in [4.78, 5) is 64.0. The first-order valence-corrected chi connectivity index (χ1v) is 10.1. The molecule has 1 aromatic heterocycles. The number of aromatic nitrogens is 2. The molecule has 35 heavy (non-hydrogen) atoms. The Morgan fingerprint density at radius 3 is 2.49 bits per heavy atom. The summed E-state index contributed by atoms with van der Waals surface area (Å²) in [6.45, 7) is 0.899. The number of H-pyrrole nitrogens is 1. The second-order valence-corrected chi connectivity index (χ2v) is 7.54. The van der Waals surface area contributed by atoms with Crippen molar-refractivity contribution in [2.24, 2.45) is 5.92 Å². The first-order valence-electron chi connectivity index (χ1n) is 10.1. The average Bonchev–Trinajstić information content (AvgIpc) is 2.80. The normalized spacial score (nSPS) is 15.6. The van der Waals surface area contributed by atoms with Crippen LogP contribution in [-0.2, 0) is 14.4 Å². The molecule has 0 spiro atoms. The topological polar surface area (TPSA) is 229 Å². The Bertz CT molecular complexity index is 1160. The number of carbonyl (C=O) groups is 4. The van der Waals surface area contributed by atoms with Gasteiger partial charge in [-0.05, 0) is 30.7 Å². The van der Waals surface area contributed by atoms with Gasteiger partial charge in [-0.25, -0.2) is 4.79 Å². The minimum atomic E-state index is -1.55. The van der Waals surface area contributed by atoms with E-state index in [1.807, 2.05) is 0 Å². The van der Waals surface area contributed by atoms with E-state index in [4.69, 9.17) is 10.8 Å². The van der Waals surface area contributed by atoms with E-state index >= 15 is 0 Å². The van der Waals surface area contributed by atoms with E-state index in [1.165, 1.54) is 12.1 Å². The molecule has 0 aliphatic carbocycles. The number of rotatable bonds is 10. The van der Waals surface area contributed by atoms with Crippen LogP contribution in [-0.4, -0.2) is 96.8 Å². The van der Waals surface area contributed by atoms with Gasteiger partial charge in [-0.1, -0.05) is 0 Å². The van der Waals surface area contributed by atoms with Crippen molar-refractivity contribution < 1.29 is 29.4 Å². The van der Waals surface area contributed by atoms with E-state index in [9.17, 15) is 29.1 Å². The maximum atomic E-state index is 12.4. The molecule has 1 amide bonds. The molecule has 14 nitrogen and oxygen atoms in total. The Morgan fingerprint density at radius 2 is 1.89 bits per heavy atom. The molecule has 186 valence electrons. The fourth-order valence-electron chi connectivity index (χ4n) is 3.26. The summed E-state index contributed by atoms with van der Waals surface area (Å²) < 4.78 is 0. The maximum absolute atomic E-state index is 12.4. The fourth-order valence-corrected chi connectivity index (χ4v) is 3.26. The Morgan fingerprint density at radius 1 is 1.20 bits per heavy atom. The fraction of sp³-hybridized carbons (Fsp3) is 0.300. The number of nitrogens with one attached hydrogen (secondary N) is 5. The summed E-state index contributed by atoms with van der Waals surface area (Å²) in [5, 5.41) is 29.7. The standard InChI is InChI=1S/C20H23N7O7.Pb.2H/c21-20-26-15-14(17(30)27-20)24-12(7-23-15)6-22-11-3-1-9(2-4-11)16(29)25-13(19(33)34)5-10(8-28)18(31)32;;;/h1-4,8,10,12-13,22,24H,5-7H2,(H,25,29)(H,31,32)(H,33,34)(H4,21,23,26,27,30);;;. The van der Waals surface area contributed by atoms with Crippen molar-refractivity contribution in [3.05, 3.63) is 40.2 Å². The van der Waals surface area contributed by atoms with E-state index in [0.29, 0.717) is 24.6 Å². The summed E-state index contributed by atoms with van der Waals surface area (Å²) in [6.07, 6.45) is -0.446. The van der Waals surface area contributed by atoms with Gasteiger partial charge in [0, 0.05) is 24.3 Å². The van der Waals surface area contributed by atoms with Gasteiger partial charge >= 0.3 is 39.2 Å². The van der Waals surface area contributed by atoms with Gasteiger partial charge < -0.3 is 42.0 Å². The zero-order valence-electron chi connectivity index (χ0n) is 18.4. The average molecular weight is 683 g/mol. The van der Waals surface area contributed by atoms with E-state index in [2.05, 4.69) is 31.2 Å². The molecule has 3 rings (SSSR count). The van der Waals surface area contributed by atoms with Crippen LogP contribution < -0.4 is 32.6 Å². The second kappa shape index (κ2) is 12.1. The molecule has 0 fully saturated rings. The molecule has 0 bridgehead atoms. The van der Waals surface area contributed by atoms with Crippen LogP contribution in [0.3, 0.4) is 0 Å². The third-order valence-electron chi connectivity index (χ3n) is 5.08. The molecule has 1 aromatic carbocycles. The Kier molecular flexibility index (Phi) is 9.55. The molecule has 0 saturated carbocycles. The molecule has 3 unspecified atom stereocenters. The molecule has 1 aliphatic rings. The number of nitrogens with two attached hydrogens (primary N) is 1. The van der Waals surface area contributed by atoms with Crippen molar-refractivity contribution in [2.75, 3.05) is 34.8 Å². The van der Waals surface area contributed by atoms with Gasteiger partial charge in [0.05, 0.1) is 6.04 Å². The van der Waals surface area contributed by atoms with Gasteiger partial charge in [0.1, 0.15) is 23.9 Å². The number of aromatic amines is 1. The number of carboxylic acid groups (broad SMARTS) is 2. The van der Waals surface area contributed by atoms with Gasteiger partial charge in [0.2, 0.25) is 5.95 Å². The number of hydrogen-bond donors (Lipinski definition) is 8. The Hall–Kier alpha value is -3.70. The second-order valence-electron chi connectivity index (χ2n) is 7.54. The van der Waals surface area contributed by atoms with Gasteiger partial charge in [-0.3, -0.25) is 19.4 Å². The van der Waals surface area contributed by atoms with Crippen LogP contribution in [0, 0.1) is 5.92 Å². The number of fused-ring (bicyclic) bond motifs is 1. The monoisotopic (exact) mass is 683 g/mol. The predicted molar refractivity (Wildman–Crippen MR) is 129 cm³/mol. The van der Waals surface area contributed by atoms with Crippen molar-refractivity contribution in [1.29, 1.82) is 0 Å². The van der Waals surface area contributed by atoms with Gasteiger partial charge in [0.25, 0.3) is 11.5 Å². The van der Waals surface area contributed by atoms with Crippen molar-refractivity contribution in [3.8, 4) is 0 Å². The van der Waals surface area contributed by atoms with Crippen LogP contribution in [0.4, 0.5) is 23.1 Å². The third kappa shape index (κ3) is 7.14. The van der Waals surface area contributed by atoms with Crippen molar-refractivity contribution in [3.63, 3.8) is 0 Å². The quantitative estimate of drug-likeness (QED) is 0.0791. The molecule has 0 saturated heterocycles. The number of aliphatic carboxylic acids is 2. The molecular weight excluding hydrogens is 657 g/mol. The number of nitrogen functional groups attached to an aromatic ring is 1. The number of carbonyl (C=O) groups excluding carboxylic acids is 2. The van der Waals surface area contributed by atoms with Crippen molar-refractivity contribution in [1.82, 2.24) is 15.3 Å². The molecule has 3 atom stereocenters. The van der Waals surface area contributed by atoms with Crippen LogP contribution >= 0.6 is 0 Å². The first-order chi connectivity index (χ1) is 16.2. The van der Waals surface area contributed by atoms with Crippen LogP contribution in [0.1, 0.15) is 16.8 Å². The zero-order valence-corrected chi connectivity index (χ0v) is 23.9. The summed E-state index contributed by atoms with van der Waals surface area (Å²) in [5.41, 5.74) is 6.23. The summed E-state index contributed by atoms with van der Waals surface area (Å²) in [7, 11) is 0. The number of amides is 1. The third-order valence-corrected chi connectivity index (χ3v) is 5.08. The minimum absolute atomic E-state index is 0. The number of anilines is 4. The molecule has 15 heteroatoms. The predicted octanol–water partition coefficient (Wildman–Crippen LogP) is -1.77. The number of benzene rings is 1. The Balaban J connectivity index is 0.00000432. The zero-order chi connectivity index (χ0) is 24.8. The molecule has 2 radical (unpaired) electrons. The molecule has 2 aromatic rings. The number of nitrogens with zero attached hydrogens (tertiary/aromatic N) is 1.